The zero-order valence-corrected chi connectivity index (χ0v) is 12.0. The largest absolute Gasteiger partial charge is 0.557 e. The van der Waals surface area contributed by atoms with Crippen LogP contribution in [0.4, 0.5) is 0 Å². The van der Waals surface area contributed by atoms with Gasteiger partial charge < -0.3 is 4.65 Å². The number of fused-ring (bicyclic) bond motifs is 1. The molecule has 3 aromatic rings. The lowest BCUT2D eigenvalue weighted by atomic mass is 9.99. The van der Waals surface area contributed by atoms with Gasteiger partial charge in [-0.2, -0.15) is 0 Å². The maximum absolute atomic E-state index is 5.84. The highest BCUT2D eigenvalue weighted by atomic mass is 35.5. The fourth-order valence-electron chi connectivity index (χ4n) is 2.01. The maximum atomic E-state index is 5.84. The molecule has 0 atom stereocenters. The maximum Gasteiger partial charge on any atom is 0.401 e. The molecule has 3 rings (SSSR count). The van der Waals surface area contributed by atoms with Crippen LogP contribution in [-0.4, -0.2) is 12.5 Å². The Morgan fingerprint density at radius 3 is 2.67 bits per heavy atom. The van der Waals surface area contributed by atoms with E-state index in [4.69, 9.17) is 16.3 Å². The van der Waals surface area contributed by atoms with Gasteiger partial charge in [-0.15, -0.1) is 0 Å². The van der Waals surface area contributed by atoms with E-state index in [9.17, 15) is 0 Å². The third-order valence-corrected chi connectivity index (χ3v) is 3.28. The second kappa shape index (κ2) is 6.46. The van der Waals surface area contributed by atoms with Crippen LogP contribution < -0.4 is 4.65 Å². The standard InChI is InChI=1S/C17H12BClNO/c19-15-8-6-13(7-9-15)10-11-18-21-16-5-1-3-14-4-2-12-20-17(14)16/h1-12H/b11-10+. The lowest BCUT2D eigenvalue weighted by Gasteiger charge is -2.05. The van der Waals surface area contributed by atoms with Crippen LogP contribution >= 0.6 is 11.6 Å². The van der Waals surface area contributed by atoms with Crippen LogP contribution in [-0.2, 0) is 0 Å². The number of para-hydroxylation sites is 1. The highest BCUT2D eigenvalue weighted by Crippen LogP contribution is 2.22. The van der Waals surface area contributed by atoms with E-state index in [0.717, 1.165) is 27.2 Å². The highest BCUT2D eigenvalue weighted by Gasteiger charge is 2.01. The molecule has 0 aliphatic rings. The normalized spacial score (nSPS) is 10.9. The Balaban J connectivity index is 1.68. The van der Waals surface area contributed by atoms with Crippen molar-refractivity contribution in [2.24, 2.45) is 0 Å². The van der Waals surface area contributed by atoms with Crippen LogP contribution in [0.5, 0.6) is 5.75 Å². The lowest BCUT2D eigenvalue weighted by Crippen LogP contribution is -1.99. The van der Waals surface area contributed by atoms with Crippen LogP contribution in [0, 0.1) is 0 Å². The molecule has 0 N–H and O–H groups in total. The second-order valence-electron chi connectivity index (χ2n) is 4.50. The summed E-state index contributed by atoms with van der Waals surface area (Å²) < 4.78 is 5.66. The van der Waals surface area contributed by atoms with Crippen molar-refractivity contribution in [1.29, 1.82) is 0 Å². The molecule has 0 amide bonds. The summed E-state index contributed by atoms with van der Waals surface area (Å²) >= 11 is 5.84. The lowest BCUT2D eigenvalue weighted by molar-refractivity contribution is 0.610. The Hall–Kier alpha value is -2.26. The van der Waals surface area contributed by atoms with Crippen molar-refractivity contribution in [3.8, 4) is 5.75 Å². The quantitative estimate of drug-likeness (QED) is 0.658. The Kier molecular flexibility index (Phi) is 4.22. The van der Waals surface area contributed by atoms with Gasteiger partial charge in [-0.1, -0.05) is 54.0 Å². The van der Waals surface area contributed by atoms with E-state index in [1.165, 1.54) is 0 Å². The number of benzene rings is 2. The van der Waals surface area contributed by atoms with E-state index in [0.29, 0.717) is 0 Å². The Morgan fingerprint density at radius 1 is 1.00 bits per heavy atom. The highest BCUT2D eigenvalue weighted by molar-refractivity contribution is 6.37. The first-order valence-electron chi connectivity index (χ1n) is 6.59. The first-order valence-corrected chi connectivity index (χ1v) is 6.96. The van der Waals surface area contributed by atoms with Gasteiger partial charge in [0, 0.05) is 16.6 Å². The topological polar surface area (TPSA) is 22.1 Å². The van der Waals surface area contributed by atoms with Crippen molar-refractivity contribution < 1.29 is 4.65 Å². The predicted molar refractivity (Wildman–Crippen MR) is 88.6 cm³/mol. The van der Waals surface area contributed by atoms with Gasteiger partial charge in [0.1, 0.15) is 11.3 Å². The van der Waals surface area contributed by atoms with E-state index in [2.05, 4.69) is 4.98 Å². The van der Waals surface area contributed by atoms with Crippen molar-refractivity contribution >= 4 is 36.1 Å². The fourth-order valence-corrected chi connectivity index (χ4v) is 2.13. The molecule has 1 heterocycles. The zero-order valence-electron chi connectivity index (χ0n) is 11.2. The van der Waals surface area contributed by atoms with Crippen molar-refractivity contribution in [3.05, 3.63) is 77.4 Å². The van der Waals surface area contributed by atoms with Gasteiger partial charge in [-0.05, 0) is 29.8 Å². The third-order valence-electron chi connectivity index (χ3n) is 3.03. The molecule has 1 aromatic heterocycles. The molecule has 0 aliphatic carbocycles. The third kappa shape index (κ3) is 3.44. The van der Waals surface area contributed by atoms with E-state index >= 15 is 0 Å². The molecule has 2 nitrogen and oxygen atoms in total. The molecule has 0 saturated heterocycles. The summed E-state index contributed by atoms with van der Waals surface area (Å²) in [6.45, 7) is 0. The number of aromatic nitrogens is 1. The van der Waals surface area contributed by atoms with Gasteiger partial charge >= 0.3 is 7.48 Å². The second-order valence-corrected chi connectivity index (χ2v) is 4.93. The fraction of sp³-hybridized carbons (Fsp3) is 0. The molecule has 4 heteroatoms. The van der Waals surface area contributed by atoms with Crippen LogP contribution in [0.25, 0.3) is 17.0 Å². The van der Waals surface area contributed by atoms with Gasteiger partial charge in [-0.3, -0.25) is 4.98 Å². The molecule has 101 valence electrons. The van der Waals surface area contributed by atoms with Gasteiger partial charge in [0.05, 0.1) is 0 Å². The summed E-state index contributed by atoms with van der Waals surface area (Å²) in [5, 5.41) is 1.79. The summed E-state index contributed by atoms with van der Waals surface area (Å²) in [4.78, 5) is 4.34. The zero-order chi connectivity index (χ0) is 14.5. The van der Waals surface area contributed by atoms with E-state index < -0.39 is 0 Å². The first-order chi connectivity index (χ1) is 10.3. The summed E-state index contributed by atoms with van der Waals surface area (Å²) in [7, 11) is 1.65. The average Bonchev–Trinajstić information content (AvgIpc) is 2.53. The summed E-state index contributed by atoms with van der Waals surface area (Å²) in [5.41, 5.74) is 1.92. The van der Waals surface area contributed by atoms with Crippen LogP contribution in [0.2, 0.25) is 5.02 Å². The summed E-state index contributed by atoms with van der Waals surface area (Å²) in [6, 6.07) is 17.4. The van der Waals surface area contributed by atoms with E-state index in [1.807, 2.05) is 66.6 Å². The van der Waals surface area contributed by atoms with Crippen molar-refractivity contribution in [1.82, 2.24) is 4.98 Å². The van der Waals surface area contributed by atoms with Gasteiger partial charge in [0.25, 0.3) is 0 Å². The van der Waals surface area contributed by atoms with E-state index in [-0.39, 0.29) is 0 Å². The SMILES string of the molecule is Clc1ccc(/C=C/[B]Oc2cccc3cccnc23)cc1. The molecular formula is C17H12BClNO. The van der Waals surface area contributed by atoms with Crippen molar-refractivity contribution in [3.63, 3.8) is 0 Å². The molecule has 0 aliphatic heterocycles. The van der Waals surface area contributed by atoms with Crippen LogP contribution in [0.15, 0.2) is 66.8 Å². The van der Waals surface area contributed by atoms with E-state index in [1.54, 1.807) is 13.7 Å². The number of hydrogen-bond donors (Lipinski definition) is 0. The van der Waals surface area contributed by atoms with Gasteiger partial charge in [-0.25, -0.2) is 0 Å². The number of rotatable bonds is 4. The van der Waals surface area contributed by atoms with Crippen LogP contribution in [0.3, 0.4) is 0 Å². The Labute approximate surface area is 129 Å². The minimum Gasteiger partial charge on any atom is -0.557 e. The Morgan fingerprint density at radius 2 is 1.81 bits per heavy atom. The smallest absolute Gasteiger partial charge is 0.401 e. The minimum atomic E-state index is 0.731. The monoisotopic (exact) mass is 292 g/mol. The molecule has 0 saturated carbocycles. The molecule has 0 bridgehead atoms. The minimum absolute atomic E-state index is 0.731. The molecule has 0 spiro atoms. The average molecular weight is 293 g/mol. The number of pyridine rings is 1. The van der Waals surface area contributed by atoms with Crippen molar-refractivity contribution in [2.45, 2.75) is 0 Å². The number of nitrogens with zero attached hydrogens (tertiary/aromatic N) is 1. The molecular weight excluding hydrogens is 280 g/mol. The molecule has 1 radical (unpaired) electrons. The molecule has 21 heavy (non-hydrogen) atoms. The summed E-state index contributed by atoms with van der Waals surface area (Å²) in [5.74, 6) is 2.60. The molecule has 0 fully saturated rings. The number of halogens is 1. The molecule has 2 aromatic carbocycles. The predicted octanol–water partition coefficient (Wildman–Crippen LogP) is 4.56. The summed E-state index contributed by atoms with van der Waals surface area (Å²) in [6.07, 6.45) is 3.72. The van der Waals surface area contributed by atoms with Crippen molar-refractivity contribution in [2.75, 3.05) is 0 Å². The molecule has 0 unspecified atom stereocenters. The van der Waals surface area contributed by atoms with Gasteiger partial charge in [0.15, 0.2) is 0 Å². The van der Waals surface area contributed by atoms with Crippen LogP contribution in [0.1, 0.15) is 5.56 Å². The Bertz CT molecular complexity index is 766. The number of hydrogen-bond acceptors (Lipinski definition) is 2. The first kappa shape index (κ1) is 13.7. The van der Waals surface area contributed by atoms with Gasteiger partial charge in [0.2, 0.25) is 0 Å².